The molecule has 0 aliphatic carbocycles. The summed E-state index contributed by atoms with van der Waals surface area (Å²) in [5, 5.41) is 72.5. The van der Waals surface area contributed by atoms with E-state index >= 15 is 0 Å². The van der Waals surface area contributed by atoms with Crippen molar-refractivity contribution < 1.29 is 70.3 Å². The number of nitrogens with zero attached hydrogens (tertiary/aromatic N) is 19. The van der Waals surface area contributed by atoms with Gasteiger partial charge in [-0.2, -0.15) is 40.7 Å². The molecule has 6 aliphatic rings. The number of carboxylic acids is 3. The van der Waals surface area contributed by atoms with E-state index in [0.29, 0.717) is 116 Å². The molecule has 12 heterocycles. The van der Waals surface area contributed by atoms with Gasteiger partial charge in [0.1, 0.15) is 34.1 Å². The fourth-order valence-electron chi connectivity index (χ4n) is 12.8. The van der Waals surface area contributed by atoms with Gasteiger partial charge in [-0.05, 0) is 103 Å². The molecule has 0 unspecified atom stereocenters. The van der Waals surface area contributed by atoms with E-state index in [0.717, 1.165) is 86.2 Å². The lowest BCUT2D eigenvalue weighted by Gasteiger charge is -2.45. The Bertz CT molecular complexity index is 4130. The van der Waals surface area contributed by atoms with Crippen LogP contribution in [-0.4, -0.2) is 170 Å². The lowest BCUT2D eigenvalue weighted by atomic mass is 9.82. The number of piperidine rings is 3. The molecule has 504 valence electrons. The summed E-state index contributed by atoms with van der Waals surface area (Å²) in [6.45, 7) is 5.36. The predicted octanol–water partition coefficient (Wildman–Crippen LogP) is 8.48. The SMILES string of the molecule is Cc1cccc2c1CCC1(CCN(c3ncc(-c4nnn(CC(=O)O)n4)s3)CC1)O2.O=C(O)Cn1nnc(-c2cnc(N3CCC4(CCc5c(cccc5C(F)(F)F)O4)CC3)s2)n1.O=C(O)Cn1nnc(-c2nnc(N3CCC4(CCc5c(cccc5C(F)(F)F)O4)CC3)s2)n1. The second-order valence-corrected chi connectivity index (χ2v) is 26.9. The number of aryl methyl sites for hydroxylation is 1. The summed E-state index contributed by atoms with van der Waals surface area (Å²) in [5.74, 6) is -0.557. The minimum Gasteiger partial charge on any atom is -0.487 e. The van der Waals surface area contributed by atoms with Gasteiger partial charge < -0.3 is 44.2 Å². The van der Waals surface area contributed by atoms with Crippen molar-refractivity contribution in [1.29, 1.82) is 0 Å². The van der Waals surface area contributed by atoms with E-state index in [9.17, 15) is 40.7 Å². The highest BCUT2D eigenvalue weighted by Crippen LogP contribution is 2.48. The minimum absolute atomic E-state index is 0.0849. The summed E-state index contributed by atoms with van der Waals surface area (Å²) < 4.78 is 98.7. The molecule has 0 saturated carbocycles. The summed E-state index contributed by atoms with van der Waals surface area (Å²) in [5.41, 5.74) is 0.832. The van der Waals surface area contributed by atoms with Gasteiger partial charge in [-0.25, -0.2) is 9.97 Å². The van der Waals surface area contributed by atoms with E-state index in [4.69, 9.17) is 29.5 Å². The number of alkyl halides is 6. The van der Waals surface area contributed by atoms with Crippen LogP contribution in [0.2, 0.25) is 0 Å². The Kier molecular flexibility index (Phi) is 17.8. The Morgan fingerprint density at radius 1 is 0.469 bits per heavy atom. The van der Waals surface area contributed by atoms with Crippen LogP contribution in [-0.2, 0) is 65.6 Å². The Labute approximate surface area is 552 Å². The molecule has 0 amide bonds. The van der Waals surface area contributed by atoms with Crippen LogP contribution in [0.5, 0.6) is 17.2 Å². The fourth-order valence-corrected chi connectivity index (χ4v) is 15.4. The first-order valence-electron chi connectivity index (χ1n) is 30.5. The number of carbonyl (C=O) groups is 3. The number of anilines is 3. The van der Waals surface area contributed by atoms with Crippen LogP contribution < -0.4 is 28.9 Å². The quantitative estimate of drug-likeness (QED) is 0.0965. The summed E-state index contributed by atoms with van der Waals surface area (Å²) in [6, 6.07) is 14.5. The third-order valence-corrected chi connectivity index (χ3v) is 20.9. The molecule has 0 bridgehead atoms. The van der Waals surface area contributed by atoms with Crippen molar-refractivity contribution in [3.8, 4) is 49.5 Å². The molecule has 3 N–H and O–H groups in total. The van der Waals surface area contributed by atoms with Crippen molar-refractivity contribution in [2.24, 2.45) is 0 Å². The van der Waals surface area contributed by atoms with Gasteiger partial charge in [0.15, 0.2) is 34.9 Å². The number of aromatic nitrogens is 16. The zero-order chi connectivity index (χ0) is 67.2. The number of thiazole rings is 2. The molecule has 3 fully saturated rings. The van der Waals surface area contributed by atoms with Gasteiger partial charge in [0.05, 0.1) is 33.3 Å². The van der Waals surface area contributed by atoms with Crippen molar-refractivity contribution in [2.75, 3.05) is 54.0 Å². The number of rotatable bonds is 12. The number of hydrogen-bond acceptors (Lipinski definition) is 25. The third kappa shape index (κ3) is 14.2. The molecular formula is C59H59F6N19O9S3. The zero-order valence-electron chi connectivity index (χ0n) is 51.0. The number of benzene rings is 3. The molecule has 3 spiro atoms. The van der Waals surface area contributed by atoms with Crippen LogP contribution in [0.3, 0.4) is 0 Å². The smallest absolute Gasteiger partial charge is 0.416 e. The van der Waals surface area contributed by atoms with Gasteiger partial charge in [-0.1, -0.05) is 58.3 Å². The van der Waals surface area contributed by atoms with Crippen LogP contribution in [0.25, 0.3) is 32.2 Å². The summed E-state index contributed by atoms with van der Waals surface area (Å²) in [6.07, 6.45) is 2.97. The second-order valence-electron chi connectivity index (χ2n) is 23.9. The lowest BCUT2D eigenvalue weighted by Crippen LogP contribution is -2.50. The first-order valence-corrected chi connectivity index (χ1v) is 32.9. The molecule has 9 aromatic rings. The molecule has 0 atom stereocenters. The third-order valence-electron chi connectivity index (χ3n) is 17.8. The van der Waals surface area contributed by atoms with E-state index in [2.05, 4.69) is 101 Å². The highest BCUT2D eigenvalue weighted by Gasteiger charge is 2.46. The highest BCUT2D eigenvalue weighted by molar-refractivity contribution is 7.19. The molecule has 0 radical (unpaired) electrons. The average Bonchev–Trinajstić information content (AvgIpc) is 1.02. The summed E-state index contributed by atoms with van der Waals surface area (Å²) >= 11 is 4.14. The van der Waals surface area contributed by atoms with E-state index in [1.54, 1.807) is 24.5 Å². The van der Waals surface area contributed by atoms with Gasteiger partial charge >= 0.3 is 30.3 Å². The van der Waals surface area contributed by atoms with E-state index in [1.807, 2.05) is 4.90 Å². The first-order chi connectivity index (χ1) is 46.0. The van der Waals surface area contributed by atoms with E-state index in [1.165, 1.54) is 57.3 Å². The van der Waals surface area contributed by atoms with Crippen molar-refractivity contribution >= 4 is 67.3 Å². The molecular weight excluding hydrogens is 1330 g/mol. The standard InChI is InChI=1S/C20H19F3N6O3S.C20H22N6O3S.C19H18F3N7O3S/c21-20(22,23)13-2-1-3-14-12(13)4-5-19(32-14)6-8-28(9-7-19)18-24-10-15(33-18)17-25-27-29(26-17)11-16(30)31;1-13-3-2-4-15-14(13)5-6-20(29-15)7-9-25(10-8-20)19-21-11-16(30-19)18-22-24-26(23-18)12-17(27)28;20-19(21,22)12-2-1-3-13-11(12)4-5-18(32-13)6-8-28(9-7-18)17-25-24-16(33-17)15-23-27-29(26-15)10-14(30)31/h1-3,10H,4-9,11H2,(H,30,31);2-4,11H,5-10,12H2,1H3,(H,27,28);1-3H,4-10H2,(H,30,31). The molecule has 6 aromatic heterocycles. The van der Waals surface area contributed by atoms with Gasteiger partial charge in [0.25, 0.3) is 0 Å². The Hall–Kier alpha value is -9.52. The Balaban J connectivity index is 0.000000130. The lowest BCUT2D eigenvalue weighted by molar-refractivity contribution is -0.139. The van der Waals surface area contributed by atoms with Gasteiger partial charge in [0.2, 0.25) is 22.6 Å². The molecule has 15 rings (SSSR count). The Morgan fingerprint density at radius 3 is 1.24 bits per heavy atom. The number of aliphatic carboxylic acids is 3. The normalized spacial score (nSPS) is 17.6. The van der Waals surface area contributed by atoms with Gasteiger partial charge in [-0.15, -0.1) is 40.8 Å². The first kappa shape index (κ1) is 65.2. The van der Waals surface area contributed by atoms with Gasteiger partial charge in [-0.3, -0.25) is 14.4 Å². The number of halogens is 6. The van der Waals surface area contributed by atoms with Crippen LogP contribution in [0.1, 0.15) is 91.2 Å². The van der Waals surface area contributed by atoms with Crippen molar-refractivity contribution in [1.82, 2.24) is 80.8 Å². The maximum atomic E-state index is 13.3. The maximum Gasteiger partial charge on any atom is 0.416 e. The van der Waals surface area contributed by atoms with Crippen LogP contribution in [0.15, 0.2) is 67.0 Å². The monoisotopic (exact) mass is 1390 g/mol. The second kappa shape index (κ2) is 26.2. The summed E-state index contributed by atoms with van der Waals surface area (Å²) in [7, 11) is 0. The number of tetrazole rings is 3. The van der Waals surface area contributed by atoms with Crippen molar-refractivity contribution in [3.05, 3.63) is 100 Å². The number of hydrogen-bond donors (Lipinski definition) is 3. The van der Waals surface area contributed by atoms with Crippen LogP contribution in [0, 0.1) is 6.92 Å². The molecule has 37 heteroatoms. The predicted molar refractivity (Wildman–Crippen MR) is 331 cm³/mol. The molecule has 3 aromatic carbocycles. The van der Waals surface area contributed by atoms with Crippen molar-refractivity contribution in [3.63, 3.8) is 0 Å². The largest absolute Gasteiger partial charge is 0.487 e. The molecule has 3 saturated heterocycles. The van der Waals surface area contributed by atoms with E-state index in [-0.39, 0.29) is 35.6 Å². The van der Waals surface area contributed by atoms with Crippen LogP contribution in [0.4, 0.5) is 41.7 Å². The minimum atomic E-state index is -4.40. The molecule has 96 heavy (non-hydrogen) atoms. The van der Waals surface area contributed by atoms with Crippen molar-refractivity contribution in [2.45, 2.75) is 133 Å². The van der Waals surface area contributed by atoms with E-state index < -0.39 is 59.1 Å². The zero-order valence-corrected chi connectivity index (χ0v) is 53.4. The number of fused-ring (bicyclic) bond motifs is 3. The van der Waals surface area contributed by atoms with Gasteiger partial charge in [0, 0.05) is 88.9 Å². The molecule has 6 aliphatic heterocycles. The highest BCUT2D eigenvalue weighted by atomic mass is 32.1. The molecule has 28 nitrogen and oxygen atoms in total. The fraction of sp³-hybridized carbons (Fsp3) is 0.458. The average molecular weight is 1390 g/mol. The summed E-state index contributed by atoms with van der Waals surface area (Å²) in [4.78, 5) is 52.2. The number of carboxylic acid groups (broad SMARTS) is 3. The topological polar surface area (TPSA) is 332 Å². The van der Waals surface area contributed by atoms with Crippen LogP contribution >= 0.6 is 34.0 Å². The number of ether oxygens (including phenoxy) is 3. The Morgan fingerprint density at radius 2 is 0.833 bits per heavy atom. The maximum absolute atomic E-state index is 13.3.